The van der Waals surface area contributed by atoms with Crippen LogP contribution >= 0.6 is 11.6 Å². The molecule has 1 amide bonds. The predicted molar refractivity (Wildman–Crippen MR) is 118 cm³/mol. The van der Waals surface area contributed by atoms with Gasteiger partial charge in [-0.25, -0.2) is 4.79 Å². The molecule has 8 nitrogen and oxygen atoms in total. The maximum atomic E-state index is 13.9. The number of hydrogen-bond acceptors (Lipinski definition) is 7. The second-order valence-corrected chi connectivity index (χ2v) is 10.1. The lowest BCUT2D eigenvalue weighted by Gasteiger charge is -2.36. The van der Waals surface area contributed by atoms with E-state index >= 15 is 0 Å². The number of ether oxygens (including phenoxy) is 1. The summed E-state index contributed by atoms with van der Waals surface area (Å²) < 4.78 is 84.2. The van der Waals surface area contributed by atoms with Crippen molar-refractivity contribution in [1.29, 1.82) is 0 Å². The first-order valence-corrected chi connectivity index (χ1v) is 11.2. The molecule has 0 aromatic heterocycles. The molecule has 4 atom stereocenters. The smallest absolute Gasteiger partial charge is 0.447 e. The number of amides is 1. The molecule has 0 aliphatic carbocycles. The van der Waals surface area contributed by atoms with Crippen LogP contribution in [0.4, 0.5) is 26.3 Å². The Kier molecular flexibility index (Phi) is 8.95. The number of alkyl halides is 6. The predicted octanol–water partition coefficient (Wildman–Crippen LogP) is 2.53. The molecule has 0 radical (unpaired) electrons. The molecule has 1 heterocycles. The van der Waals surface area contributed by atoms with E-state index in [-0.39, 0.29) is 13.1 Å². The van der Waals surface area contributed by atoms with Crippen molar-refractivity contribution in [2.75, 3.05) is 0 Å². The fourth-order valence-corrected chi connectivity index (χ4v) is 4.04. The quantitative estimate of drug-likeness (QED) is 0.297. The summed E-state index contributed by atoms with van der Waals surface area (Å²) in [5.41, 5.74) is 1.22. The van der Waals surface area contributed by atoms with E-state index in [0.717, 1.165) is 20.8 Å². The minimum Gasteiger partial charge on any atom is -0.447 e. The maximum Gasteiger partial charge on any atom is 0.490 e. The van der Waals surface area contributed by atoms with Crippen molar-refractivity contribution in [2.45, 2.75) is 76.4 Å². The maximum absolute atomic E-state index is 13.9. The third-order valence-electron chi connectivity index (χ3n) is 5.80. The first-order valence-electron chi connectivity index (χ1n) is 10.8. The summed E-state index contributed by atoms with van der Waals surface area (Å²) in [4.78, 5) is 37.1. The first kappa shape index (κ1) is 30.8. The van der Waals surface area contributed by atoms with Gasteiger partial charge in [-0.05, 0) is 23.3 Å². The third kappa shape index (κ3) is 6.92. The molecule has 5 N–H and O–H groups in total. The van der Waals surface area contributed by atoms with Gasteiger partial charge in [0.1, 0.15) is 6.04 Å². The van der Waals surface area contributed by atoms with Crippen molar-refractivity contribution in [2.24, 2.45) is 11.1 Å². The van der Waals surface area contributed by atoms with Crippen LogP contribution < -0.4 is 16.4 Å². The summed E-state index contributed by atoms with van der Waals surface area (Å²) in [6.07, 6.45) is -14.7. The number of benzene rings is 1. The molecule has 0 saturated carbocycles. The van der Waals surface area contributed by atoms with Gasteiger partial charge in [-0.1, -0.05) is 38.4 Å². The van der Waals surface area contributed by atoms with Crippen molar-refractivity contribution in [3.05, 3.63) is 34.3 Å². The Balaban J connectivity index is 2.33. The zero-order valence-corrected chi connectivity index (χ0v) is 20.6. The van der Waals surface area contributed by atoms with E-state index in [4.69, 9.17) is 17.3 Å². The topological polar surface area (TPSA) is 131 Å². The summed E-state index contributed by atoms with van der Waals surface area (Å²) in [5, 5.41) is 15.2. The van der Waals surface area contributed by atoms with Crippen LogP contribution in [0.2, 0.25) is 5.02 Å². The Hall–Kier alpha value is -2.42. The fourth-order valence-electron chi connectivity index (χ4n) is 3.84. The lowest BCUT2D eigenvalue weighted by molar-refractivity contribution is -0.262. The molecule has 15 heteroatoms. The monoisotopic (exact) mass is 561 g/mol. The SMILES string of the molecule is CC(C)(C)C(OC(=O)C(F)(F)F)C(=O)C1N[C@H](C(=O)NCc2cc(Cl)ccc2CN)CC1(O)C(F)(F)F. The molecule has 1 aromatic carbocycles. The highest BCUT2D eigenvalue weighted by atomic mass is 35.5. The minimum absolute atomic E-state index is 0.0687. The van der Waals surface area contributed by atoms with Gasteiger partial charge in [0.15, 0.2) is 17.5 Å². The van der Waals surface area contributed by atoms with Crippen molar-refractivity contribution < 1.29 is 50.6 Å². The van der Waals surface area contributed by atoms with E-state index in [2.05, 4.69) is 15.4 Å². The minimum atomic E-state index is -5.53. The molecule has 37 heavy (non-hydrogen) atoms. The summed E-state index contributed by atoms with van der Waals surface area (Å²) in [6.45, 7) is 3.33. The van der Waals surface area contributed by atoms with Gasteiger partial charge < -0.3 is 20.9 Å². The number of Topliss-reactive ketones (excluding diaryl/α,β-unsaturated/α-hetero) is 1. The normalized spacial score (nSPS) is 23.5. The van der Waals surface area contributed by atoms with E-state index in [1.54, 1.807) is 12.1 Å². The first-order chi connectivity index (χ1) is 16.7. The molecule has 0 bridgehead atoms. The average Bonchev–Trinajstić information content (AvgIpc) is 3.12. The molecule has 1 aliphatic heterocycles. The standard InChI is InChI=1S/C22H26ClF6N3O5/c1-19(2,3)16(37-18(35)21(24,25)26)14(33)15-20(36,22(27,28)29)7-13(32-15)17(34)31-9-11-6-12(23)5-4-10(11)8-30/h4-6,13,15-16,32,36H,7-9,30H2,1-3H3,(H,31,34)/t13-,15?,16?,20?/m0/s1. The summed E-state index contributed by atoms with van der Waals surface area (Å²) >= 11 is 5.92. The van der Waals surface area contributed by atoms with Crippen LogP contribution in [-0.2, 0) is 32.2 Å². The molecule has 0 spiro atoms. The molecular formula is C22H26ClF6N3O5. The highest BCUT2D eigenvalue weighted by Crippen LogP contribution is 2.42. The van der Waals surface area contributed by atoms with Crippen molar-refractivity contribution in [1.82, 2.24) is 10.6 Å². The summed E-state index contributed by atoms with van der Waals surface area (Å²) in [5.74, 6) is -5.51. The number of esters is 1. The van der Waals surface area contributed by atoms with E-state index in [0.29, 0.717) is 16.1 Å². The molecule has 1 fully saturated rings. The van der Waals surface area contributed by atoms with Crippen LogP contribution in [0.15, 0.2) is 18.2 Å². The highest BCUT2D eigenvalue weighted by Gasteiger charge is 2.67. The summed E-state index contributed by atoms with van der Waals surface area (Å²) in [6, 6.07) is 0.223. The number of nitrogens with one attached hydrogen (secondary N) is 2. The molecule has 2 rings (SSSR count). The van der Waals surface area contributed by atoms with Gasteiger partial charge in [-0.3, -0.25) is 14.9 Å². The molecule has 1 aliphatic rings. The number of nitrogens with two attached hydrogens (primary N) is 1. The Morgan fingerprint density at radius 1 is 1.19 bits per heavy atom. The van der Waals surface area contributed by atoms with Gasteiger partial charge in [0.05, 0.1) is 6.04 Å². The van der Waals surface area contributed by atoms with Gasteiger partial charge in [0.25, 0.3) is 0 Å². The van der Waals surface area contributed by atoms with Gasteiger partial charge in [-0.15, -0.1) is 0 Å². The zero-order valence-electron chi connectivity index (χ0n) is 19.9. The van der Waals surface area contributed by atoms with Crippen molar-refractivity contribution in [3.63, 3.8) is 0 Å². The van der Waals surface area contributed by atoms with Crippen LogP contribution in [0.3, 0.4) is 0 Å². The van der Waals surface area contributed by atoms with Crippen LogP contribution in [0.25, 0.3) is 0 Å². The number of rotatable bonds is 7. The Morgan fingerprint density at radius 3 is 2.27 bits per heavy atom. The van der Waals surface area contributed by atoms with Crippen LogP contribution in [0.1, 0.15) is 38.3 Å². The van der Waals surface area contributed by atoms with Crippen molar-refractivity contribution in [3.8, 4) is 0 Å². The lowest BCUT2D eigenvalue weighted by Crippen LogP contribution is -2.61. The highest BCUT2D eigenvalue weighted by molar-refractivity contribution is 6.30. The van der Waals surface area contributed by atoms with Crippen LogP contribution in [-0.4, -0.2) is 58.9 Å². The zero-order chi connectivity index (χ0) is 28.6. The number of carbonyl (C=O) groups is 3. The van der Waals surface area contributed by atoms with Gasteiger partial charge in [0, 0.05) is 29.9 Å². The van der Waals surface area contributed by atoms with Gasteiger partial charge in [-0.2, -0.15) is 26.3 Å². The molecular weight excluding hydrogens is 536 g/mol. The molecule has 208 valence electrons. The Labute approximate surface area is 212 Å². The third-order valence-corrected chi connectivity index (χ3v) is 6.03. The Morgan fingerprint density at radius 2 is 1.78 bits per heavy atom. The largest absolute Gasteiger partial charge is 0.490 e. The number of carbonyl (C=O) groups excluding carboxylic acids is 3. The molecule has 1 aromatic rings. The van der Waals surface area contributed by atoms with E-state index in [1.165, 1.54) is 6.07 Å². The van der Waals surface area contributed by atoms with E-state index in [1.807, 2.05) is 0 Å². The second-order valence-electron chi connectivity index (χ2n) is 9.66. The fraction of sp³-hybridized carbons (Fsp3) is 0.591. The number of ketones is 1. The van der Waals surface area contributed by atoms with Gasteiger partial charge in [0.2, 0.25) is 5.91 Å². The second kappa shape index (κ2) is 10.8. The summed E-state index contributed by atoms with van der Waals surface area (Å²) in [7, 11) is 0. The van der Waals surface area contributed by atoms with Crippen LogP contribution in [0, 0.1) is 5.41 Å². The van der Waals surface area contributed by atoms with E-state index < -0.39 is 65.6 Å². The average molecular weight is 562 g/mol. The number of aliphatic hydroxyl groups is 1. The van der Waals surface area contributed by atoms with Gasteiger partial charge >= 0.3 is 18.3 Å². The van der Waals surface area contributed by atoms with Crippen molar-refractivity contribution >= 4 is 29.3 Å². The molecule has 3 unspecified atom stereocenters. The number of halogens is 7. The lowest BCUT2D eigenvalue weighted by atomic mass is 9.80. The Bertz CT molecular complexity index is 1040. The number of hydrogen-bond donors (Lipinski definition) is 4. The van der Waals surface area contributed by atoms with Crippen LogP contribution in [0.5, 0.6) is 0 Å². The van der Waals surface area contributed by atoms with E-state index in [9.17, 15) is 45.8 Å². The molecule has 1 saturated heterocycles.